The molecule has 0 radical (unpaired) electrons. The number of halogens is 5. The van der Waals surface area contributed by atoms with Crippen LogP contribution in [0.25, 0.3) is 21.8 Å². The van der Waals surface area contributed by atoms with E-state index in [2.05, 4.69) is 30.5 Å². The Hall–Kier alpha value is -2.26. The first-order chi connectivity index (χ1) is 15.8. The maximum atomic E-state index is 12.3. The van der Waals surface area contributed by atoms with E-state index in [0.717, 1.165) is 59.1 Å². The van der Waals surface area contributed by atoms with Crippen molar-refractivity contribution < 1.29 is 17.9 Å². The van der Waals surface area contributed by atoms with Crippen molar-refractivity contribution in [2.45, 2.75) is 18.8 Å². The molecule has 2 heterocycles. The summed E-state index contributed by atoms with van der Waals surface area (Å²) >= 11 is 13.4. The van der Waals surface area contributed by atoms with Gasteiger partial charge in [0.15, 0.2) is 12.1 Å². The number of thiol groups is 1. The number of nitrogens with one attached hydrogen (secondary N) is 1. The second-order valence-corrected chi connectivity index (χ2v) is 9.69. The highest BCUT2D eigenvalue weighted by Gasteiger charge is 2.32. The highest BCUT2D eigenvalue weighted by molar-refractivity contribution is 7.77. The summed E-state index contributed by atoms with van der Waals surface area (Å²) < 4.78 is 48.7. The van der Waals surface area contributed by atoms with E-state index < -0.39 is 6.36 Å². The van der Waals surface area contributed by atoms with Crippen molar-refractivity contribution in [2.75, 3.05) is 17.8 Å². The molecule has 1 aliphatic heterocycles. The molecule has 5 rings (SSSR count). The lowest BCUT2D eigenvalue weighted by Gasteiger charge is -2.15. The van der Waals surface area contributed by atoms with Gasteiger partial charge in [-0.05, 0) is 67.1 Å². The summed E-state index contributed by atoms with van der Waals surface area (Å²) in [6.45, 7) is 1.71. The van der Waals surface area contributed by atoms with Crippen LogP contribution < -0.4 is 9.46 Å². The van der Waals surface area contributed by atoms with E-state index in [1.165, 1.54) is 12.1 Å². The summed E-state index contributed by atoms with van der Waals surface area (Å²) in [5.74, 6) is -0.238. The highest BCUT2D eigenvalue weighted by atomic mass is 35.5. The van der Waals surface area contributed by atoms with Gasteiger partial charge in [-0.25, -0.2) is 0 Å². The molecule has 1 aliphatic rings. The van der Waals surface area contributed by atoms with Crippen LogP contribution in [0.3, 0.4) is 0 Å². The lowest BCUT2D eigenvalue weighted by molar-refractivity contribution is -0.274. The van der Waals surface area contributed by atoms with Crippen molar-refractivity contribution in [1.82, 2.24) is 8.87 Å². The van der Waals surface area contributed by atoms with Gasteiger partial charge in [-0.15, -0.1) is 17.5 Å². The fourth-order valence-corrected chi connectivity index (χ4v) is 5.51. The predicted molar refractivity (Wildman–Crippen MR) is 130 cm³/mol. The molecule has 0 amide bonds. The number of anilines is 1. The number of hydrogen-bond acceptors (Lipinski definition) is 3. The molecule has 10 heteroatoms. The zero-order valence-corrected chi connectivity index (χ0v) is 19.5. The minimum atomic E-state index is -4.69. The van der Waals surface area contributed by atoms with Crippen LogP contribution in [-0.4, -0.2) is 28.3 Å². The van der Waals surface area contributed by atoms with Gasteiger partial charge in [-0.3, -0.25) is 0 Å². The fourth-order valence-electron chi connectivity index (χ4n) is 4.28. The Labute approximate surface area is 202 Å². The van der Waals surface area contributed by atoms with E-state index in [9.17, 15) is 13.2 Å². The molecule has 1 N–H and O–H groups in total. The molecule has 1 aromatic heterocycles. The number of alkyl halides is 3. The van der Waals surface area contributed by atoms with Crippen LogP contribution in [0.1, 0.15) is 12.5 Å². The number of ether oxygens (including phenoxy) is 1. The third-order valence-electron chi connectivity index (χ3n) is 5.64. The average Bonchev–Trinajstić information content (AvgIpc) is 3.34. The molecule has 4 nitrogen and oxygen atoms in total. The lowest BCUT2D eigenvalue weighted by Crippen LogP contribution is -2.24. The van der Waals surface area contributed by atoms with E-state index in [1.54, 1.807) is 12.1 Å². The van der Waals surface area contributed by atoms with Crippen molar-refractivity contribution in [3.05, 3.63) is 70.7 Å². The maximum Gasteiger partial charge on any atom is 0.573 e. The summed E-state index contributed by atoms with van der Waals surface area (Å²) in [7, 11) is 0. The van der Waals surface area contributed by atoms with Crippen molar-refractivity contribution in [1.29, 1.82) is 0 Å². The third-order valence-corrected chi connectivity index (χ3v) is 7.12. The Kier molecular flexibility index (Phi) is 6.03. The van der Waals surface area contributed by atoms with E-state index >= 15 is 0 Å². The van der Waals surface area contributed by atoms with Crippen LogP contribution in [0.5, 0.6) is 5.75 Å². The van der Waals surface area contributed by atoms with Gasteiger partial charge < -0.3 is 9.30 Å². The second kappa shape index (κ2) is 8.83. The summed E-state index contributed by atoms with van der Waals surface area (Å²) in [6.07, 6.45) is -3.72. The Balaban J connectivity index is 1.31. The van der Waals surface area contributed by atoms with Gasteiger partial charge in [-0.1, -0.05) is 23.2 Å². The minimum Gasteiger partial charge on any atom is -0.406 e. The predicted octanol–water partition coefficient (Wildman–Crippen LogP) is 7.00. The number of benzene rings is 3. The molecule has 33 heavy (non-hydrogen) atoms. The van der Waals surface area contributed by atoms with Crippen LogP contribution in [-0.2, 0) is 12.1 Å². The van der Waals surface area contributed by atoms with E-state index in [4.69, 9.17) is 23.2 Å². The largest absolute Gasteiger partial charge is 0.573 e. The Morgan fingerprint density at radius 3 is 2.09 bits per heavy atom. The van der Waals surface area contributed by atoms with Crippen LogP contribution in [0, 0.1) is 0 Å². The number of fused-ring (bicyclic) bond motifs is 3. The molecule has 0 aliphatic carbocycles. The summed E-state index contributed by atoms with van der Waals surface area (Å²) in [4.78, 5) is 0. The lowest BCUT2D eigenvalue weighted by atomic mass is 10.1. The molecule has 0 spiro atoms. The first-order valence-corrected chi connectivity index (χ1v) is 11.8. The van der Waals surface area contributed by atoms with E-state index in [-0.39, 0.29) is 11.8 Å². The minimum absolute atomic E-state index is 0.238. The van der Waals surface area contributed by atoms with Crippen LogP contribution >= 0.6 is 23.2 Å². The molecule has 172 valence electrons. The first-order valence-electron chi connectivity index (χ1n) is 10.2. The number of rotatable bonds is 5. The molecule has 0 saturated carbocycles. The average molecular weight is 513 g/mol. The van der Waals surface area contributed by atoms with Crippen molar-refractivity contribution >= 4 is 62.8 Å². The molecular weight excluding hydrogens is 494 g/mol. The Morgan fingerprint density at radius 2 is 1.52 bits per heavy atom. The molecule has 0 unspecified atom stereocenters. The zero-order valence-electron chi connectivity index (χ0n) is 17.1. The zero-order chi connectivity index (χ0) is 23.2. The Bertz CT molecular complexity index is 1250. The monoisotopic (exact) mass is 512 g/mol. The SMILES string of the molecule is FC(F)(F)Oc1ccc(N[SH+]N2CC[C@@H](n3c4ccc(Cl)cc4c4cc(Cl)ccc43)C2)cc1. The van der Waals surface area contributed by atoms with Crippen molar-refractivity contribution in [3.63, 3.8) is 0 Å². The van der Waals surface area contributed by atoms with Crippen LogP contribution in [0.15, 0.2) is 60.7 Å². The molecule has 1 fully saturated rings. The summed E-state index contributed by atoms with van der Waals surface area (Å²) in [5.41, 5.74) is 2.96. The topological polar surface area (TPSA) is 29.4 Å². The molecular formula is C23H19Cl2F3N3OS+. The normalized spacial score (nSPS) is 17.2. The van der Waals surface area contributed by atoms with Crippen LogP contribution in [0.4, 0.5) is 18.9 Å². The number of aromatic nitrogens is 1. The fraction of sp³-hybridized carbons (Fsp3) is 0.217. The van der Waals surface area contributed by atoms with Gasteiger partial charge in [0, 0.05) is 38.4 Å². The Morgan fingerprint density at radius 1 is 0.909 bits per heavy atom. The van der Waals surface area contributed by atoms with Gasteiger partial charge >= 0.3 is 6.36 Å². The molecule has 1 saturated heterocycles. The van der Waals surface area contributed by atoms with E-state index in [1.807, 2.05) is 24.3 Å². The van der Waals surface area contributed by atoms with Crippen LogP contribution in [0.2, 0.25) is 10.0 Å². The molecule has 4 aromatic rings. The number of hydrogen-bond donors (Lipinski definition) is 1. The molecule has 3 aromatic carbocycles. The summed E-state index contributed by atoms with van der Waals surface area (Å²) in [6, 6.07) is 17.9. The van der Waals surface area contributed by atoms with Crippen molar-refractivity contribution in [3.8, 4) is 5.75 Å². The number of nitrogens with zero attached hydrogens (tertiary/aromatic N) is 2. The van der Waals surface area contributed by atoms with E-state index in [0.29, 0.717) is 10.0 Å². The second-order valence-electron chi connectivity index (χ2n) is 7.83. The highest BCUT2D eigenvalue weighted by Crippen LogP contribution is 2.37. The summed E-state index contributed by atoms with van der Waals surface area (Å²) in [5, 5.41) is 3.53. The van der Waals surface area contributed by atoms with Crippen molar-refractivity contribution in [2.24, 2.45) is 0 Å². The maximum absolute atomic E-state index is 12.3. The molecule has 1 atom stereocenters. The van der Waals surface area contributed by atoms with Gasteiger partial charge in [0.25, 0.3) is 0 Å². The van der Waals surface area contributed by atoms with Gasteiger partial charge in [0.05, 0.1) is 18.3 Å². The van der Waals surface area contributed by atoms with Gasteiger partial charge in [-0.2, -0.15) is 4.72 Å². The molecule has 0 bridgehead atoms. The standard InChI is InChI=1S/C23H18Cl2F3N3OS/c24-14-1-7-21-19(11-14)20-12-15(25)2-8-22(20)31(21)17-9-10-30(13-17)33-29-16-3-5-18(6-4-16)32-23(26,27)28/h1-8,11-12,17,29H,9-10,13H2/p+1/t17-/m1/s1. The van der Waals surface area contributed by atoms with Gasteiger partial charge in [0.1, 0.15) is 5.75 Å². The van der Waals surface area contributed by atoms with Gasteiger partial charge in [0.2, 0.25) is 0 Å². The first kappa shape index (κ1) is 22.5. The third kappa shape index (κ3) is 4.84. The smallest absolute Gasteiger partial charge is 0.406 e. The quantitative estimate of drug-likeness (QED) is 0.230.